The molecule has 1 amide bonds. The van der Waals surface area contributed by atoms with Crippen molar-refractivity contribution >= 4 is 11.6 Å². The van der Waals surface area contributed by atoms with Gasteiger partial charge in [0.15, 0.2) is 0 Å². The molecule has 4 nitrogen and oxygen atoms in total. The van der Waals surface area contributed by atoms with Crippen LogP contribution in [0.5, 0.6) is 11.5 Å². The summed E-state index contributed by atoms with van der Waals surface area (Å²) in [6.07, 6.45) is 0.781. The van der Waals surface area contributed by atoms with Gasteiger partial charge in [0.25, 0.3) is 5.91 Å². The topological polar surface area (TPSA) is 47.6 Å². The standard InChI is InChI=1S/C25H27NO3/c1-18-7-4-9-23(17-18)29-16-6-15-28-22-13-11-21(12-14-22)25(27)26-24-10-5-8-19(2)20(24)3/h4-5,7-14,17H,6,15-16H2,1-3H3,(H,26,27). The monoisotopic (exact) mass is 389 g/mol. The Hall–Kier alpha value is -3.27. The van der Waals surface area contributed by atoms with Crippen molar-refractivity contribution in [2.24, 2.45) is 0 Å². The van der Waals surface area contributed by atoms with E-state index in [9.17, 15) is 4.79 Å². The minimum Gasteiger partial charge on any atom is -0.493 e. The Kier molecular flexibility index (Phi) is 6.90. The molecule has 0 saturated carbocycles. The molecule has 3 rings (SSSR count). The first-order chi connectivity index (χ1) is 14.0. The summed E-state index contributed by atoms with van der Waals surface area (Å²) >= 11 is 0. The summed E-state index contributed by atoms with van der Waals surface area (Å²) in [6.45, 7) is 7.23. The average molecular weight is 389 g/mol. The number of anilines is 1. The van der Waals surface area contributed by atoms with Crippen molar-refractivity contribution < 1.29 is 14.3 Å². The maximum absolute atomic E-state index is 12.5. The predicted octanol–water partition coefficient (Wildman–Crippen LogP) is 5.71. The highest BCUT2D eigenvalue weighted by molar-refractivity contribution is 6.04. The van der Waals surface area contributed by atoms with E-state index in [4.69, 9.17) is 9.47 Å². The van der Waals surface area contributed by atoms with Crippen LogP contribution in [0, 0.1) is 20.8 Å². The van der Waals surface area contributed by atoms with Gasteiger partial charge in [-0.15, -0.1) is 0 Å². The lowest BCUT2D eigenvalue weighted by Gasteiger charge is -2.11. The molecule has 0 bridgehead atoms. The molecule has 0 unspecified atom stereocenters. The summed E-state index contributed by atoms with van der Waals surface area (Å²) in [6, 6.07) is 21.1. The van der Waals surface area contributed by atoms with Crippen LogP contribution in [-0.4, -0.2) is 19.1 Å². The number of hydrogen-bond acceptors (Lipinski definition) is 3. The molecule has 4 heteroatoms. The summed E-state index contributed by atoms with van der Waals surface area (Å²) in [7, 11) is 0. The van der Waals surface area contributed by atoms with Crippen molar-refractivity contribution in [2.45, 2.75) is 27.2 Å². The van der Waals surface area contributed by atoms with Crippen LogP contribution < -0.4 is 14.8 Å². The molecule has 0 fully saturated rings. The van der Waals surface area contributed by atoms with Crippen molar-refractivity contribution in [1.29, 1.82) is 0 Å². The van der Waals surface area contributed by atoms with Crippen molar-refractivity contribution in [3.8, 4) is 11.5 Å². The van der Waals surface area contributed by atoms with Gasteiger partial charge in [-0.25, -0.2) is 0 Å². The minimum atomic E-state index is -0.128. The van der Waals surface area contributed by atoms with E-state index >= 15 is 0 Å². The minimum absolute atomic E-state index is 0.128. The van der Waals surface area contributed by atoms with E-state index in [-0.39, 0.29) is 5.91 Å². The number of amides is 1. The molecule has 0 atom stereocenters. The van der Waals surface area contributed by atoms with E-state index in [0.29, 0.717) is 18.8 Å². The third-order valence-electron chi connectivity index (χ3n) is 4.79. The molecule has 1 N–H and O–H groups in total. The van der Waals surface area contributed by atoms with Crippen molar-refractivity contribution in [3.63, 3.8) is 0 Å². The Morgan fingerprint density at radius 3 is 2.24 bits per heavy atom. The van der Waals surface area contributed by atoms with Crippen LogP contribution in [0.2, 0.25) is 0 Å². The summed E-state index contributed by atoms with van der Waals surface area (Å²) in [5.41, 5.74) is 4.84. The van der Waals surface area contributed by atoms with Gasteiger partial charge in [0.1, 0.15) is 11.5 Å². The number of ether oxygens (including phenoxy) is 2. The second-order valence-corrected chi connectivity index (χ2v) is 7.09. The maximum atomic E-state index is 12.5. The lowest BCUT2D eigenvalue weighted by Crippen LogP contribution is -2.13. The molecule has 29 heavy (non-hydrogen) atoms. The summed E-state index contributed by atoms with van der Waals surface area (Å²) in [4.78, 5) is 12.5. The first kappa shape index (κ1) is 20.5. The SMILES string of the molecule is Cc1cccc(OCCCOc2ccc(C(=O)Nc3cccc(C)c3C)cc2)c1. The van der Waals surface area contributed by atoms with Crippen molar-refractivity contribution in [3.05, 3.63) is 89.0 Å². The van der Waals surface area contributed by atoms with Gasteiger partial charge in [-0.2, -0.15) is 0 Å². The van der Waals surface area contributed by atoms with Gasteiger partial charge in [0.2, 0.25) is 0 Å². The molecule has 150 valence electrons. The summed E-state index contributed by atoms with van der Waals surface area (Å²) in [5, 5.41) is 2.97. The van der Waals surface area contributed by atoms with Crippen LogP contribution in [0.4, 0.5) is 5.69 Å². The third-order valence-corrected chi connectivity index (χ3v) is 4.79. The molecular formula is C25H27NO3. The lowest BCUT2D eigenvalue weighted by atomic mass is 10.1. The number of carbonyl (C=O) groups excluding carboxylic acids is 1. The quantitative estimate of drug-likeness (QED) is 0.502. The highest BCUT2D eigenvalue weighted by Gasteiger charge is 2.09. The van der Waals surface area contributed by atoms with E-state index < -0.39 is 0 Å². The predicted molar refractivity (Wildman–Crippen MR) is 117 cm³/mol. The fourth-order valence-corrected chi connectivity index (χ4v) is 2.93. The van der Waals surface area contributed by atoms with Gasteiger partial charge in [-0.05, 0) is 79.9 Å². The number of aryl methyl sites for hydroxylation is 2. The molecule has 0 aliphatic carbocycles. The van der Waals surface area contributed by atoms with Gasteiger partial charge in [-0.1, -0.05) is 24.3 Å². The Balaban J connectivity index is 1.44. The first-order valence-electron chi connectivity index (χ1n) is 9.83. The Morgan fingerprint density at radius 2 is 1.52 bits per heavy atom. The van der Waals surface area contributed by atoms with Crippen molar-refractivity contribution in [2.75, 3.05) is 18.5 Å². The number of hydrogen-bond donors (Lipinski definition) is 1. The van der Waals surface area contributed by atoms with Gasteiger partial charge >= 0.3 is 0 Å². The van der Waals surface area contributed by atoms with E-state index in [1.54, 1.807) is 12.1 Å². The van der Waals surface area contributed by atoms with E-state index in [0.717, 1.165) is 34.7 Å². The molecule has 0 aliphatic rings. The average Bonchev–Trinajstić information content (AvgIpc) is 2.71. The van der Waals surface area contributed by atoms with E-state index in [1.807, 2.05) is 75.4 Å². The molecule has 0 spiro atoms. The van der Waals surface area contributed by atoms with Crippen LogP contribution in [0.3, 0.4) is 0 Å². The molecule has 3 aromatic rings. The lowest BCUT2D eigenvalue weighted by molar-refractivity contribution is 0.102. The van der Waals surface area contributed by atoms with Gasteiger partial charge < -0.3 is 14.8 Å². The van der Waals surface area contributed by atoms with Crippen LogP contribution >= 0.6 is 0 Å². The zero-order valence-corrected chi connectivity index (χ0v) is 17.2. The zero-order chi connectivity index (χ0) is 20.6. The van der Waals surface area contributed by atoms with Crippen LogP contribution in [0.1, 0.15) is 33.5 Å². The molecule has 3 aromatic carbocycles. The fraction of sp³-hybridized carbons (Fsp3) is 0.240. The van der Waals surface area contributed by atoms with Gasteiger partial charge in [-0.3, -0.25) is 4.79 Å². The van der Waals surface area contributed by atoms with Gasteiger partial charge in [0.05, 0.1) is 13.2 Å². The highest BCUT2D eigenvalue weighted by atomic mass is 16.5. The molecular weight excluding hydrogens is 362 g/mol. The number of rotatable bonds is 8. The van der Waals surface area contributed by atoms with Crippen molar-refractivity contribution in [1.82, 2.24) is 0 Å². The number of benzene rings is 3. The highest BCUT2D eigenvalue weighted by Crippen LogP contribution is 2.20. The molecule has 0 radical (unpaired) electrons. The Labute approximate surface area is 172 Å². The van der Waals surface area contributed by atoms with E-state index in [1.165, 1.54) is 5.56 Å². The van der Waals surface area contributed by atoms with Crippen LogP contribution in [-0.2, 0) is 0 Å². The largest absolute Gasteiger partial charge is 0.493 e. The molecule has 0 aromatic heterocycles. The summed E-state index contributed by atoms with van der Waals surface area (Å²) < 4.78 is 11.5. The van der Waals surface area contributed by atoms with Gasteiger partial charge in [0, 0.05) is 17.7 Å². The first-order valence-corrected chi connectivity index (χ1v) is 9.83. The number of nitrogens with one attached hydrogen (secondary N) is 1. The molecule has 0 heterocycles. The van der Waals surface area contributed by atoms with Crippen LogP contribution in [0.25, 0.3) is 0 Å². The second-order valence-electron chi connectivity index (χ2n) is 7.09. The Bertz CT molecular complexity index is 964. The third kappa shape index (κ3) is 5.85. The smallest absolute Gasteiger partial charge is 0.255 e. The molecule has 0 saturated heterocycles. The maximum Gasteiger partial charge on any atom is 0.255 e. The molecule has 0 aliphatic heterocycles. The van der Waals surface area contributed by atoms with E-state index in [2.05, 4.69) is 5.32 Å². The Morgan fingerprint density at radius 1 is 0.828 bits per heavy atom. The zero-order valence-electron chi connectivity index (χ0n) is 17.2. The fourth-order valence-electron chi connectivity index (χ4n) is 2.93. The normalized spacial score (nSPS) is 10.4. The second kappa shape index (κ2) is 9.78. The summed E-state index contributed by atoms with van der Waals surface area (Å²) in [5.74, 6) is 1.49. The number of carbonyl (C=O) groups is 1. The van der Waals surface area contributed by atoms with Crippen LogP contribution in [0.15, 0.2) is 66.7 Å².